The first-order valence-corrected chi connectivity index (χ1v) is 9.38. The van der Waals surface area contributed by atoms with Crippen molar-refractivity contribution in [1.29, 1.82) is 0 Å². The Morgan fingerprint density at radius 1 is 1.31 bits per heavy atom. The van der Waals surface area contributed by atoms with Gasteiger partial charge in [-0.05, 0) is 36.1 Å². The first kappa shape index (κ1) is 16.8. The molecule has 1 aliphatic heterocycles. The first-order valence-electron chi connectivity index (χ1n) is 8.12. The number of thiophene rings is 1. The summed E-state index contributed by atoms with van der Waals surface area (Å²) in [6, 6.07) is 10.6. The Bertz CT molecular complexity index is 967. The fourth-order valence-electron chi connectivity index (χ4n) is 2.95. The Morgan fingerprint density at radius 2 is 2.19 bits per heavy atom. The number of rotatable bonds is 4. The van der Waals surface area contributed by atoms with Crippen molar-refractivity contribution in [3.05, 3.63) is 52.4 Å². The van der Waals surface area contributed by atoms with Crippen molar-refractivity contribution in [2.24, 2.45) is 0 Å². The molecule has 3 aromatic rings. The number of amides is 2. The zero-order chi connectivity index (χ0) is 18.1. The summed E-state index contributed by atoms with van der Waals surface area (Å²) in [6.07, 6.45) is 1.26. The van der Waals surface area contributed by atoms with Crippen LogP contribution in [0.1, 0.15) is 23.2 Å². The lowest BCUT2D eigenvalue weighted by molar-refractivity contribution is -0.117. The molecule has 2 amide bonds. The minimum Gasteiger partial charge on any atom is -0.312 e. The van der Waals surface area contributed by atoms with Crippen LogP contribution in [0.4, 0.5) is 11.5 Å². The lowest BCUT2D eigenvalue weighted by atomic mass is 10.1. The molecule has 6 nitrogen and oxygen atoms in total. The maximum Gasteiger partial charge on any atom is 0.258 e. The van der Waals surface area contributed by atoms with Gasteiger partial charge in [-0.1, -0.05) is 17.7 Å². The average Bonchev–Trinajstić information content (AvgIpc) is 3.35. The van der Waals surface area contributed by atoms with Crippen molar-refractivity contribution in [1.82, 2.24) is 10.2 Å². The fourth-order valence-corrected chi connectivity index (χ4v) is 3.81. The van der Waals surface area contributed by atoms with Gasteiger partial charge in [0.25, 0.3) is 5.91 Å². The van der Waals surface area contributed by atoms with Gasteiger partial charge in [0.2, 0.25) is 5.91 Å². The molecule has 1 aliphatic rings. The van der Waals surface area contributed by atoms with Gasteiger partial charge in [0, 0.05) is 24.1 Å². The third-order valence-electron chi connectivity index (χ3n) is 4.17. The molecule has 1 aromatic carbocycles. The topological polar surface area (TPSA) is 78.1 Å². The van der Waals surface area contributed by atoms with Crippen LogP contribution in [-0.2, 0) is 4.79 Å². The highest BCUT2D eigenvalue weighted by Crippen LogP contribution is 2.30. The predicted octanol–water partition coefficient (Wildman–Crippen LogP) is 4.17. The monoisotopic (exact) mass is 386 g/mol. The molecule has 0 bridgehead atoms. The van der Waals surface area contributed by atoms with Crippen LogP contribution < -0.4 is 10.2 Å². The van der Waals surface area contributed by atoms with Gasteiger partial charge in [-0.3, -0.25) is 14.7 Å². The predicted molar refractivity (Wildman–Crippen MR) is 103 cm³/mol. The summed E-state index contributed by atoms with van der Waals surface area (Å²) in [5.74, 6) is 0.0914. The molecule has 0 unspecified atom stereocenters. The molecule has 0 saturated carbocycles. The molecule has 4 rings (SSSR count). The summed E-state index contributed by atoms with van der Waals surface area (Å²) >= 11 is 7.67. The summed E-state index contributed by atoms with van der Waals surface area (Å²) in [5, 5.41) is 12.3. The van der Waals surface area contributed by atoms with Gasteiger partial charge in [0.15, 0.2) is 5.82 Å². The smallest absolute Gasteiger partial charge is 0.258 e. The third-order valence-corrected chi connectivity index (χ3v) is 5.31. The number of aromatic nitrogens is 2. The van der Waals surface area contributed by atoms with E-state index in [-0.39, 0.29) is 11.8 Å². The van der Waals surface area contributed by atoms with Crippen LogP contribution >= 0.6 is 22.9 Å². The minimum absolute atomic E-state index is 0.000989. The van der Waals surface area contributed by atoms with Gasteiger partial charge in [0.05, 0.1) is 21.8 Å². The molecule has 2 aromatic heterocycles. The highest BCUT2D eigenvalue weighted by molar-refractivity contribution is 7.13. The highest BCUT2D eigenvalue weighted by Gasteiger charge is 2.26. The molecule has 8 heteroatoms. The summed E-state index contributed by atoms with van der Waals surface area (Å²) in [6.45, 7) is 0.588. The molecule has 0 aliphatic carbocycles. The van der Waals surface area contributed by atoms with Crippen LogP contribution in [0.25, 0.3) is 10.6 Å². The summed E-state index contributed by atoms with van der Waals surface area (Å²) in [7, 11) is 0. The number of hydrogen-bond donors (Lipinski definition) is 2. The van der Waals surface area contributed by atoms with Crippen molar-refractivity contribution in [3.8, 4) is 10.6 Å². The van der Waals surface area contributed by atoms with Crippen LogP contribution in [0.2, 0.25) is 5.02 Å². The van der Waals surface area contributed by atoms with Gasteiger partial charge in [-0.2, -0.15) is 5.10 Å². The molecule has 0 radical (unpaired) electrons. The van der Waals surface area contributed by atoms with E-state index in [1.165, 1.54) is 0 Å². The second kappa shape index (κ2) is 6.93. The van der Waals surface area contributed by atoms with Gasteiger partial charge >= 0.3 is 0 Å². The Hall–Kier alpha value is -2.64. The van der Waals surface area contributed by atoms with E-state index in [1.54, 1.807) is 40.5 Å². The maximum absolute atomic E-state index is 12.8. The van der Waals surface area contributed by atoms with Gasteiger partial charge < -0.3 is 10.2 Å². The molecule has 132 valence electrons. The number of H-pyrrole nitrogens is 1. The van der Waals surface area contributed by atoms with E-state index < -0.39 is 0 Å². The van der Waals surface area contributed by atoms with Crippen molar-refractivity contribution >= 4 is 46.3 Å². The van der Waals surface area contributed by atoms with Crippen LogP contribution in [0, 0.1) is 0 Å². The Kier molecular flexibility index (Phi) is 4.48. The van der Waals surface area contributed by atoms with Crippen LogP contribution in [-0.4, -0.2) is 28.6 Å². The van der Waals surface area contributed by atoms with Gasteiger partial charge in [-0.25, -0.2) is 0 Å². The highest BCUT2D eigenvalue weighted by atomic mass is 35.5. The van der Waals surface area contributed by atoms with E-state index in [1.807, 2.05) is 17.5 Å². The number of nitrogens with zero attached hydrogens (tertiary/aromatic N) is 2. The van der Waals surface area contributed by atoms with Crippen LogP contribution in [0.15, 0.2) is 41.8 Å². The number of benzene rings is 1. The number of nitrogens with one attached hydrogen (secondary N) is 2. The van der Waals surface area contributed by atoms with E-state index in [4.69, 9.17) is 11.6 Å². The lowest BCUT2D eigenvalue weighted by Crippen LogP contribution is -2.27. The number of carbonyl (C=O) groups is 2. The number of anilines is 2. The lowest BCUT2D eigenvalue weighted by Gasteiger charge is -2.19. The number of aromatic amines is 1. The third kappa shape index (κ3) is 3.23. The largest absolute Gasteiger partial charge is 0.312 e. The molecule has 1 fully saturated rings. The van der Waals surface area contributed by atoms with Gasteiger partial charge in [-0.15, -0.1) is 11.3 Å². The Morgan fingerprint density at radius 3 is 2.92 bits per heavy atom. The minimum atomic E-state index is -0.333. The summed E-state index contributed by atoms with van der Waals surface area (Å²) in [4.78, 5) is 27.5. The Balaban J connectivity index is 1.60. The molecule has 0 atom stereocenters. The zero-order valence-electron chi connectivity index (χ0n) is 13.7. The van der Waals surface area contributed by atoms with E-state index in [0.717, 1.165) is 17.0 Å². The second-order valence-electron chi connectivity index (χ2n) is 5.91. The number of carbonyl (C=O) groups excluding carboxylic acids is 2. The van der Waals surface area contributed by atoms with Crippen molar-refractivity contribution < 1.29 is 9.59 Å². The zero-order valence-corrected chi connectivity index (χ0v) is 15.2. The molecule has 26 heavy (non-hydrogen) atoms. The quantitative estimate of drug-likeness (QED) is 0.706. The molecule has 1 saturated heterocycles. The number of hydrogen-bond acceptors (Lipinski definition) is 4. The van der Waals surface area contributed by atoms with Crippen molar-refractivity contribution in [3.63, 3.8) is 0 Å². The van der Waals surface area contributed by atoms with E-state index in [2.05, 4.69) is 15.5 Å². The Labute approximate surface area is 158 Å². The van der Waals surface area contributed by atoms with E-state index >= 15 is 0 Å². The first-order chi connectivity index (χ1) is 12.6. The van der Waals surface area contributed by atoms with Crippen LogP contribution in [0.3, 0.4) is 0 Å². The van der Waals surface area contributed by atoms with Crippen molar-refractivity contribution in [2.45, 2.75) is 12.8 Å². The molecule has 3 heterocycles. The van der Waals surface area contributed by atoms with Crippen molar-refractivity contribution in [2.75, 3.05) is 16.8 Å². The van der Waals surface area contributed by atoms with E-state index in [0.29, 0.717) is 35.1 Å². The molecular formula is C18H15ClN4O2S. The fraction of sp³-hybridized carbons (Fsp3) is 0.167. The SMILES string of the molecule is O=C(Nc1cc(-c2cccs2)[nH]n1)c1ccc(Cl)cc1N1CCCC1=O. The number of halogens is 1. The maximum atomic E-state index is 12.8. The van der Waals surface area contributed by atoms with E-state index in [9.17, 15) is 9.59 Å². The van der Waals surface area contributed by atoms with Gasteiger partial charge in [0.1, 0.15) is 0 Å². The summed E-state index contributed by atoms with van der Waals surface area (Å²) < 4.78 is 0. The second-order valence-corrected chi connectivity index (χ2v) is 7.29. The normalized spacial score (nSPS) is 14.0. The van der Waals surface area contributed by atoms with Crippen LogP contribution in [0.5, 0.6) is 0 Å². The molecule has 2 N–H and O–H groups in total. The summed E-state index contributed by atoms with van der Waals surface area (Å²) in [5.41, 5.74) is 1.76. The average molecular weight is 387 g/mol. The molecular weight excluding hydrogens is 372 g/mol. The standard InChI is InChI=1S/C18H15ClN4O2S/c19-11-5-6-12(14(9-11)23-7-1-4-17(23)24)18(25)20-16-10-13(21-22-16)15-3-2-8-26-15/h2-3,5-6,8-10H,1,4,7H2,(H2,20,21,22,25). The molecule has 0 spiro atoms.